The van der Waals surface area contributed by atoms with Crippen LogP contribution in [0.3, 0.4) is 0 Å². The molecule has 0 aromatic heterocycles. The average molecular weight is 478 g/mol. The van der Waals surface area contributed by atoms with E-state index < -0.39 is 40.2 Å². The average Bonchev–Trinajstić information content (AvgIpc) is 2.79. The first-order valence-electron chi connectivity index (χ1n) is 11.1. The van der Waals surface area contributed by atoms with Gasteiger partial charge in [-0.15, -0.1) is 0 Å². The van der Waals surface area contributed by atoms with Crippen molar-refractivity contribution < 1.29 is 27.8 Å². The molecule has 8 heteroatoms. The SMILES string of the molecule is Cc1ccc(S(=O)(=O)N[C@H](COC(=O)[C@@H](C)[C@@H](O)[C@H](C)OCc2ccccc2)C(C)C)cc1. The molecular formula is C25H35NO6S. The van der Waals surface area contributed by atoms with Gasteiger partial charge in [0.1, 0.15) is 6.61 Å². The maximum absolute atomic E-state index is 12.7. The maximum Gasteiger partial charge on any atom is 0.311 e. The Morgan fingerprint density at radius 1 is 1.00 bits per heavy atom. The molecule has 0 heterocycles. The fourth-order valence-corrected chi connectivity index (χ4v) is 4.47. The van der Waals surface area contributed by atoms with Gasteiger partial charge in [0.25, 0.3) is 0 Å². The number of sulfonamides is 1. The number of ether oxygens (including phenoxy) is 2. The van der Waals surface area contributed by atoms with E-state index >= 15 is 0 Å². The van der Waals surface area contributed by atoms with Gasteiger partial charge in [0.05, 0.1) is 35.7 Å². The molecule has 0 saturated heterocycles. The molecule has 0 bridgehead atoms. The summed E-state index contributed by atoms with van der Waals surface area (Å²) in [6.45, 7) is 9.00. The van der Waals surface area contributed by atoms with Crippen LogP contribution in [0.25, 0.3) is 0 Å². The zero-order chi connectivity index (χ0) is 24.6. The summed E-state index contributed by atoms with van der Waals surface area (Å²) in [5, 5.41) is 10.5. The molecule has 4 atom stereocenters. The van der Waals surface area contributed by atoms with Crippen LogP contribution >= 0.6 is 0 Å². The number of esters is 1. The molecule has 0 fully saturated rings. The van der Waals surface area contributed by atoms with Gasteiger partial charge in [-0.1, -0.05) is 61.9 Å². The highest BCUT2D eigenvalue weighted by Gasteiger charge is 2.30. The Kier molecular flexibility index (Phi) is 10.0. The highest BCUT2D eigenvalue weighted by atomic mass is 32.2. The molecule has 0 aliphatic heterocycles. The molecule has 0 saturated carbocycles. The van der Waals surface area contributed by atoms with Gasteiger partial charge >= 0.3 is 5.97 Å². The fourth-order valence-electron chi connectivity index (χ4n) is 3.10. The highest BCUT2D eigenvalue weighted by Crippen LogP contribution is 2.16. The second-order valence-electron chi connectivity index (χ2n) is 8.70. The molecule has 0 spiro atoms. The molecule has 2 aromatic carbocycles. The minimum absolute atomic E-state index is 0.119. The van der Waals surface area contributed by atoms with Crippen LogP contribution < -0.4 is 4.72 Å². The zero-order valence-electron chi connectivity index (χ0n) is 19.9. The Bertz CT molecular complexity index is 976. The Morgan fingerprint density at radius 3 is 2.18 bits per heavy atom. The van der Waals surface area contributed by atoms with Gasteiger partial charge in [0, 0.05) is 0 Å². The van der Waals surface area contributed by atoms with E-state index in [1.165, 1.54) is 12.1 Å². The third-order valence-electron chi connectivity index (χ3n) is 5.57. The molecular weight excluding hydrogens is 442 g/mol. The maximum atomic E-state index is 12.7. The summed E-state index contributed by atoms with van der Waals surface area (Å²) in [6, 6.07) is 15.5. The first-order chi connectivity index (χ1) is 15.5. The molecule has 2 rings (SSSR count). The van der Waals surface area contributed by atoms with Crippen molar-refractivity contribution in [2.75, 3.05) is 6.61 Å². The van der Waals surface area contributed by atoms with Gasteiger partial charge < -0.3 is 14.6 Å². The van der Waals surface area contributed by atoms with Gasteiger partial charge in [-0.3, -0.25) is 4.79 Å². The summed E-state index contributed by atoms with van der Waals surface area (Å²) in [5.74, 6) is -1.57. The lowest BCUT2D eigenvalue weighted by Crippen LogP contribution is -2.43. The van der Waals surface area contributed by atoms with Crippen molar-refractivity contribution in [3.63, 3.8) is 0 Å². The molecule has 182 valence electrons. The lowest BCUT2D eigenvalue weighted by atomic mass is 10.0. The van der Waals surface area contributed by atoms with E-state index in [9.17, 15) is 18.3 Å². The molecule has 0 amide bonds. The molecule has 0 aliphatic rings. The molecule has 2 N–H and O–H groups in total. The molecule has 0 unspecified atom stereocenters. The lowest BCUT2D eigenvalue weighted by Gasteiger charge is -2.26. The predicted octanol–water partition coefficient (Wildman–Crippen LogP) is 3.44. The van der Waals surface area contributed by atoms with E-state index in [1.54, 1.807) is 26.0 Å². The number of carbonyl (C=O) groups is 1. The summed E-state index contributed by atoms with van der Waals surface area (Å²) in [4.78, 5) is 12.7. The molecule has 0 radical (unpaired) electrons. The minimum Gasteiger partial charge on any atom is -0.464 e. The van der Waals surface area contributed by atoms with Crippen molar-refractivity contribution in [3.05, 3.63) is 65.7 Å². The second kappa shape index (κ2) is 12.3. The Morgan fingerprint density at radius 2 is 1.61 bits per heavy atom. The van der Waals surface area contributed by atoms with E-state index in [4.69, 9.17) is 9.47 Å². The van der Waals surface area contributed by atoms with E-state index in [0.717, 1.165) is 11.1 Å². The van der Waals surface area contributed by atoms with Crippen LogP contribution in [-0.2, 0) is 30.9 Å². The summed E-state index contributed by atoms with van der Waals surface area (Å²) in [6.07, 6.45) is -1.66. The van der Waals surface area contributed by atoms with Crippen molar-refractivity contribution in [3.8, 4) is 0 Å². The smallest absolute Gasteiger partial charge is 0.311 e. The Hall–Kier alpha value is -2.26. The zero-order valence-corrected chi connectivity index (χ0v) is 20.7. The van der Waals surface area contributed by atoms with Crippen molar-refractivity contribution in [1.82, 2.24) is 4.72 Å². The fraction of sp³-hybridized carbons (Fsp3) is 0.480. The van der Waals surface area contributed by atoms with Crippen LogP contribution in [0.5, 0.6) is 0 Å². The van der Waals surface area contributed by atoms with Crippen LogP contribution in [0, 0.1) is 18.8 Å². The quantitative estimate of drug-likeness (QED) is 0.454. The van der Waals surface area contributed by atoms with Crippen LogP contribution in [0.15, 0.2) is 59.5 Å². The van der Waals surface area contributed by atoms with Gasteiger partial charge in [0.2, 0.25) is 10.0 Å². The number of aliphatic hydroxyl groups excluding tert-OH is 1. The number of hydrogen-bond donors (Lipinski definition) is 2. The number of aryl methyl sites for hydroxylation is 1. The number of carbonyl (C=O) groups excluding carboxylic acids is 1. The standard InChI is InChI=1S/C25H35NO6S/c1-17(2)23(26-33(29,30)22-13-11-18(3)12-14-22)16-32-25(28)19(4)24(27)20(5)31-15-21-9-7-6-8-10-21/h6-14,17,19-20,23-24,26-27H,15-16H2,1-5H3/t19-,20-,23+,24+/m0/s1. The number of nitrogens with one attached hydrogen (secondary N) is 1. The van der Waals surface area contributed by atoms with Gasteiger partial charge in [-0.05, 0) is 44.4 Å². The third kappa shape index (κ3) is 8.23. The van der Waals surface area contributed by atoms with Crippen molar-refractivity contribution in [1.29, 1.82) is 0 Å². The summed E-state index contributed by atoms with van der Waals surface area (Å²) in [7, 11) is -3.76. The third-order valence-corrected chi connectivity index (χ3v) is 7.07. The lowest BCUT2D eigenvalue weighted by molar-refractivity contribution is -0.157. The summed E-state index contributed by atoms with van der Waals surface area (Å²) >= 11 is 0. The Labute approximate surface area is 197 Å². The van der Waals surface area contributed by atoms with E-state index in [2.05, 4.69) is 4.72 Å². The monoisotopic (exact) mass is 477 g/mol. The summed E-state index contributed by atoms with van der Waals surface area (Å²) in [5.41, 5.74) is 1.92. The van der Waals surface area contributed by atoms with E-state index in [0.29, 0.717) is 6.61 Å². The van der Waals surface area contributed by atoms with Crippen LogP contribution in [0.1, 0.15) is 38.8 Å². The number of rotatable bonds is 12. The predicted molar refractivity (Wildman–Crippen MR) is 127 cm³/mol. The van der Waals surface area contributed by atoms with Crippen LogP contribution in [0.2, 0.25) is 0 Å². The van der Waals surface area contributed by atoms with Gasteiger partial charge in [-0.25, -0.2) is 13.1 Å². The molecule has 33 heavy (non-hydrogen) atoms. The largest absolute Gasteiger partial charge is 0.464 e. The minimum atomic E-state index is -3.76. The van der Waals surface area contributed by atoms with Crippen molar-refractivity contribution in [2.45, 2.75) is 64.4 Å². The number of aliphatic hydroxyl groups is 1. The molecule has 0 aliphatic carbocycles. The van der Waals surface area contributed by atoms with Crippen molar-refractivity contribution >= 4 is 16.0 Å². The highest BCUT2D eigenvalue weighted by molar-refractivity contribution is 7.89. The first-order valence-corrected chi connectivity index (χ1v) is 12.6. The normalized spacial score (nSPS) is 15.6. The van der Waals surface area contributed by atoms with Crippen molar-refractivity contribution in [2.24, 2.45) is 11.8 Å². The Balaban J connectivity index is 1.91. The van der Waals surface area contributed by atoms with Gasteiger partial charge in [0.15, 0.2) is 0 Å². The molecule has 7 nitrogen and oxygen atoms in total. The van der Waals surface area contributed by atoms with E-state index in [1.807, 2.05) is 51.1 Å². The summed E-state index contributed by atoms with van der Waals surface area (Å²) < 4.78 is 39.1. The van der Waals surface area contributed by atoms with Crippen LogP contribution in [0.4, 0.5) is 0 Å². The topological polar surface area (TPSA) is 102 Å². The van der Waals surface area contributed by atoms with Gasteiger partial charge in [-0.2, -0.15) is 0 Å². The van der Waals surface area contributed by atoms with Crippen LogP contribution in [-0.4, -0.2) is 44.4 Å². The first kappa shape index (κ1) is 27.0. The molecule has 2 aromatic rings. The second-order valence-corrected chi connectivity index (χ2v) is 10.4. The number of hydrogen-bond acceptors (Lipinski definition) is 6. The number of benzene rings is 2. The van der Waals surface area contributed by atoms with E-state index in [-0.39, 0.29) is 17.4 Å².